The van der Waals surface area contributed by atoms with Crippen molar-refractivity contribution in [1.29, 1.82) is 0 Å². The van der Waals surface area contributed by atoms with E-state index in [0.717, 1.165) is 10.9 Å². The van der Waals surface area contributed by atoms with Crippen LogP contribution >= 0.6 is 11.6 Å². The van der Waals surface area contributed by atoms with Crippen LogP contribution in [0.15, 0.2) is 18.3 Å². The first-order valence-electron chi connectivity index (χ1n) is 8.19. The molecule has 0 amide bonds. The molecule has 1 fully saturated rings. The van der Waals surface area contributed by atoms with E-state index in [4.69, 9.17) is 16.7 Å². The van der Waals surface area contributed by atoms with Crippen molar-refractivity contribution >= 4 is 32.7 Å². The summed E-state index contributed by atoms with van der Waals surface area (Å²) in [5.74, 6) is 0.150. The van der Waals surface area contributed by atoms with E-state index >= 15 is 0 Å². The molecule has 1 atom stereocenters. The topological polar surface area (TPSA) is 112 Å². The molecule has 0 spiro atoms. The van der Waals surface area contributed by atoms with Crippen molar-refractivity contribution in [1.82, 2.24) is 14.5 Å². The summed E-state index contributed by atoms with van der Waals surface area (Å²) < 4.78 is 24.3. The summed E-state index contributed by atoms with van der Waals surface area (Å²) >= 11 is 6.19. The largest absolute Gasteiger partial charge is 0.388 e. The predicted octanol–water partition coefficient (Wildman–Crippen LogP) is 2.19. The van der Waals surface area contributed by atoms with E-state index in [1.807, 2.05) is 13.8 Å². The SMILES string of the molecule is CC(C)(C1CCN(S(N)(=O)=O)CC1)C(O)c1cc(Cl)cc2cn[nH]c12. The Morgan fingerprint density at radius 1 is 1.40 bits per heavy atom. The second-order valence-corrected chi connectivity index (χ2v) is 9.25. The number of nitrogens with zero attached hydrogens (tertiary/aromatic N) is 2. The number of hydrogen-bond acceptors (Lipinski definition) is 4. The first-order valence-corrected chi connectivity index (χ1v) is 10.1. The van der Waals surface area contributed by atoms with Gasteiger partial charge in [-0.15, -0.1) is 0 Å². The van der Waals surface area contributed by atoms with Gasteiger partial charge < -0.3 is 5.11 Å². The number of rotatable bonds is 4. The normalized spacial score (nSPS) is 19.4. The minimum atomic E-state index is -3.65. The van der Waals surface area contributed by atoms with Gasteiger partial charge in [-0.2, -0.15) is 17.8 Å². The Labute approximate surface area is 152 Å². The highest BCUT2D eigenvalue weighted by Crippen LogP contribution is 2.46. The van der Waals surface area contributed by atoms with E-state index in [0.29, 0.717) is 36.5 Å². The van der Waals surface area contributed by atoms with Crippen molar-refractivity contribution in [3.8, 4) is 0 Å². The van der Waals surface area contributed by atoms with E-state index in [9.17, 15) is 13.5 Å². The molecular formula is C16H23ClN4O3S. The van der Waals surface area contributed by atoms with Crippen LogP contribution in [0.1, 0.15) is 38.4 Å². The maximum absolute atomic E-state index is 11.5. The first-order chi connectivity index (χ1) is 11.6. The fourth-order valence-electron chi connectivity index (χ4n) is 3.74. The van der Waals surface area contributed by atoms with Crippen LogP contribution in [0.2, 0.25) is 5.02 Å². The van der Waals surface area contributed by atoms with Gasteiger partial charge in [0.05, 0.1) is 17.8 Å². The smallest absolute Gasteiger partial charge is 0.276 e. The Balaban J connectivity index is 1.85. The number of aromatic nitrogens is 2. The van der Waals surface area contributed by atoms with Crippen LogP contribution in [-0.2, 0) is 10.2 Å². The van der Waals surface area contributed by atoms with Gasteiger partial charge in [-0.1, -0.05) is 25.4 Å². The van der Waals surface area contributed by atoms with Crippen LogP contribution in [0.25, 0.3) is 10.9 Å². The first kappa shape index (κ1) is 18.6. The molecule has 7 nitrogen and oxygen atoms in total. The summed E-state index contributed by atoms with van der Waals surface area (Å²) in [4.78, 5) is 0. The number of nitrogens with two attached hydrogens (primary N) is 1. The zero-order valence-electron chi connectivity index (χ0n) is 14.2. The van der Waals surface area contributed by atoms with Crippen molar-refractivity contribution in [3.63, 3.8) is 0 Å². The maximum atomic E-state index is 11.5. The lowest BCUT2D eigenvalue weighted by Gasteiger charge is -2.42. The quantitative estimate of drug-likeness (QED) is 0.747. The molecule has 1 aliphatic rings. The Bertz CT molecular complexity index is 873. The number of fused-ring (bicyclic) bond motifs is 1. The summed E-state index contributed by atoms with van der Waals surface area (Å²) in [5, 5.41) is 24.7. The molecule has 3 rings (SSSR count). The van der Waals surface area contributed by atoms with Gasteiger partial charge >= 0.3 is 0 Å². The molecule has 0 saturated carbocycles. The number of halogens is 1. The third-order valence-corrected chi connectivity index (χ3v) is 6.71. The van der Waals surface area contributed by atoms with E-state index in [1.54, 1.807) is 18.3 Å². The summed E-state index contributed by atoms with van der Waals surface area (Å²) in [6.07, 6.45) is 2.20. The monoisotopic (exact) mass is 386 g/mol. The third-order valence-electron chi connectivity index (χ3n) is 5.41. The van der Waals surface area contributed by atoms with Crippen LogP contribution in [0.3, 0.4) is 0 Å². The Morgan fingerprint density at radius 2 is 2.04 bits per heavy atom. The van der Waals surface area contributed by atoms with Crippen molar-refractivity contribution in [3.05, 3.63) is 28.9 Å². The molecule has 1 unspecified atom stereocenters. The summed E-state index contributed by atoms with van der Waals surface area (Å²) in [7, 11) is -3.65. The third kappa shape index (κ3) is 3.54. The molecule has 138 valence electrons. The number of aliphatic hydroxyl groups is 1. The van der Waals surface area contributed by atoms with Crippen LogP contribution in [0, 0.1) is 11.3 Å². The van der Waals surface area contributed by atoms with E-state index < -0.39 is 21.7 Å². The number of nitrogens with one attached hydrogen (secondary N) is 1. The van der Waals surface area contributed by atoms with Crippen LogP contribution < -0.4 is 5.14 Å². The van der Waals surface area contributed by atoms with Gasteiger partial charge in [0.1, 0.15) is 0 Å². The molecule has 4 N–H and O–H groups in total. The van der Waals surface area contributed by atoms with Crippen molar-refractivity contribution < 1.29 is 13.5 Å². The van der Waals surface area contributed by atoms with Gasteiger partial charge in [0.2, 0.25) is 0 Å². The molecule has 2 aromatic rings. The van der Waals surface area contributed by atoms with Gasteiger partial charge in [0, 0.05) is 29.1 Å². The number of hydrogen-bond donors (Lipinski definition) is 3. The highest BCUT2D eigenvalue weighted by Gasteiger charge is 2.40. The molecule has 0 radical (unpaired) electrons. The van der Waals surface area contributed by atoms with Gasteiger partial charge in [0.25, 0.3) is 10.2 Å². The lowest BCUT2D eigenvalue weighted by atomic mass is 9.68. The van der Waals surface area contributed by atoms with E-state index in [2.05, 4.69) is 10.2 Å². The molecule has 1 aromatic carbocycles. The average Bonchev–Trinajstić information content (AvgIpc) is 3.00. The lowest BCUT2D eigenvalue weighted by Crippen LogP contribution is -2.45. The van der Waals surface area contributed by atoms with Gasteiger partial charge in [-0.05, 0) is 36.3 Å². The number of aromatic amines is 1. The zero-order chi connectivity index (χ0) is 18.4. The maximum Gasteiger partial charge on any atom is 0.276 e. The number of H-pyrrole nitrogens is 1. The second-order valence-electron chi connectivity index (χ2n) is 7.27. The average molecular weight is 387 g/mol. The van der Waals surface area contributed by atoms with Crippen molar-refractivity contribution in [2.45, 2.75) is 32.8 Å². The molecule has 2 heterocycles. The molecule has 1 aliphatic heterocycles. The Kier molecular flexibility index (Phi) is 4.85. The predicted molar refractivity (Wildman–Crippen MR) is 97.2 cm³/mol. The molecule has 25 heavy (non-hydrogen) atoms. The number of piperidine rings is 1. The van der Waals surface area contributed by atoms with Crippen LogP contribution in [-0.4, -0.2) is 41.1 Å². The van der Waals surface area contributed by atoms with E-state index in [1.165, 1.54) is 4.31 Å². The zero-order valence-corrected chi connectivity index (χ0v) is 15.8. The molecule has 1 saturated heterocycles. The Morgan fingerprint density at radius 3 is 2.64 bits per heavy atom. The molecular weight excluding hydrogens is 364 g/mol. The van der Waals surface area contributed by atoms with Crippen molar-refractivity contribution in [2.75, 3.05) is 13.1 Å². The molecule has 1 aromatic heterocycles. The standard InChI is InChI=1S/C16H23ClN4O3S/c1-16(2,11-3-5-21(6-4-11)25(18,23)24)15(22)13-8-12(17)7-10-9-19-20-14(10)13/h7-9,11,15,22H,3-6H2,1-2H3,(H,19,20)(H2,18,23,24). The van der Waals surface area contributed by atoms with Gasteiger partial charge in [-0.25, -0.2) is 5.14 Å². The lowest BCUT2D eigenvalue weighted by molar-refractivity contribution is -0.0113. The van der Waals surface area contributed by atoms with Crippen molar-refractivity contribution in [2.24, 2.45) is 16.5 Å². The van der Waals surface area contributed by atoms with E-state index in [-0.39, 0.29) is 5.92 Å². The minimum absolute atomic E-state index is 0.150. The number of benzene rings is 1. The highest BCUT2D eigenvalue weighted by atomic mass is 35.5. The van der Waals surface area contributed by atoms with Gasteiger partial charge in [-0.3, -0.25) is 5.10 Å². The van der Waals surface area contributed by atoms with Gasteiger partial charge in [0.15, 0.2) is 0 Å². The second kappa shape index (κ2) is 6.51. The molecule has 9 heteroatoms. The highest BCUT2D eigenvalue weighted by molar-refractivity contribution is 7.86. The molecule has 0 bridgehead atoms. The fourth-order valence-corrected chi connectivity index (χ4v) is 4.70. The Hall–Kier alpha value is -1.19. The fraction of sp³-hybridized carbons (Fsp3) is 0.562. The molecule has 0 aliphatic carbocycles. The summed E-state index contributed by atoms with van der Waals surface area (Å²) in [6.45, 7) is 4.74. The van der Waals surface area contributed by atoms with Crippen LogP contribution in [0.5, 0.6) is 0 Å². The minimum Gasteiger partial charge on any atom is -0.388 e. The summed E-state index contributed by atoms with van der Waals surface area (Å²) in [5.41, 5.74) is 1.01. The number of aliphatic hydroxyl groups excluding tert-OH is 1. The van der Waals surface area contributed by atoms with Crippen LogP contribution in [0.4, 0.5) is 0 Å². The summed E-state index contributed by atoms with van der Waals surface area (Å²) in [6, 6.07) is 3.56.